The van der Waals surface area contributed by atoms with E-state index in [2.05, 4.69) is 0 Å². The molecular weight excluding hydrogens is 276 g/mol. The van der Waals surface area contributed by atoms with Gasteiger partial charge in [-0.15, -0.1) is 0 Å². The lowest BCUT2D eigenvalue weighted by Gasteiger charge is -2.13. The van der Waals surface area contributed by atoms with E-state index >= 15 is 0 Å². The van der Waals surface area contributed by atoms with Crippen molar-refractivity contribution in [2.75, 3.05) is 0 Å². The molecule has 0 fully saturated rings. The van der Waals surface area contributed by atoms with Gasteiger partial charge in [0.25, 0.3) is 0 Å². The summed E-state index contributed by atoms with van der Waals surface area (Å²) < 4.78 is 74.4. The van der Waals surface area contributed by atoms with Crippen molar-refractivity contribution in [1.29, 1.82) is 0 Å². The number of rotatable bonds is 3. The lowest BCUT2D eigenvalue weighted by Crippen LogP contribution is -2.15. The number of carbonyl (C=O) groups is 1. The van der Waals surface area contributed by atoms with Gasteiger partial charge >= 0.3 is 12.4 Å². The lowest BCUT2D eigenvalue weighted by molar-refractivity contribution is -0.143. The normalized spacial score (nSPS) is 11.7. The second-order valence-corrected chi connectivity index (χ2v) is 3.41. The fraction of sp³-hybridized carbons (Fsp3) is 0.364. The summed E-state index contributed by atoms with van der Waals surface area (Å²) in [7, 11) is 0. The first-order chi connectivity index (χ1) is 8.14. The van der Waals surface area contributed by atoms with Gasteiger partial charge in [-0.3, -0.25) is 4.79 Å². The molecule has 0 aliphatic rings. The van der Waals surface area contributed by atoms with Gasteiger partial charge in [0.1, 0.15) is 0 Å². The molecule has 0 bridgehead atoms. The Morgan fingerprint density at radius 1 is 0.947 bits per heavy atom. The van der Waals surface area contributed by atoms with E-state index in [0.717, 1.165) is 0 Å². The van der Waals surface area contributed by atoms with Crippen molar-refractivity contribution in [3.05, 3.63) is 34.9 Å². The van der Waals surface area contributed by atoms with Crippen LogP contribution in [0.25, 0.3) is 0 Å². The third-order valence-electron chi connectivity index (χ3n) is 2.04. The molecule has 0 aliphatic carbocycles. The van der Waals surface area contributed by atoms with Crippen LogP contribution in [0.4, 0.5) is 26.3 Å². The lowest BCUT2D eigenvalue weighted by atomic mass is 10.0. The van der Waals surface area contributed by atoms with E-state index in [1.165, 1.54) is 0 Å². The van der Waals surface area contributed by atoms with E-state index in [1.54, 1.807) is 0 Å². The van der Waals surface area contributed by atoms with Gasteiger partial charge in [-0.25, -0.2) is 0 Å². The van der Waals surface area contributed by atoms with Crippen LogP contribution in [0.15, 0.2) is 18.2 Å². The third kappa shape index (κ3) is 4.80. The van der Waals surface area contributed by atoms with Crippen LogP contribution in [-0.4, -0.2) is 6.41 Å². The monoisotopic (exact) mass is 287 g/mol. The Balaban J connectivity index is 0.00000324. The summed E-state index contributed by atoms with van der Waals surface area (Å²) in [4.78, 5) is 9.99. The standard InChI is InChI=1S/C10H7F6NO.CH4/c11-9(12,13)7-1-6(4-17-5-18)2-8(3-7)10(14,15)16;/h1-3,5H,4H2,(H,17,18);1H4. The van der Waals surface area contributed by atoms with Crippen LogP contribution in [0.3, 0.4) is 0 Å². The van der Waals surface area contributed by atoms with Crippen molar-refractivity contribution in [3.8, 4) is 0 Å². The van der Waals surface area contributed by atoms with Crippen LogP contribution in [0.5, 0.6) is 0 Å². The molecule has 1 N–H and O–H groups in total. The zero-order valence-corrected chi connectivity index (χ0v) is 8.69. The first-order valence-electron chi connectivity index (χ1n) is 4.60. The minimum atomic E-state index is -4.88. The Morgan fingerprint density at radius 2 is 1.37 bits per heavy atom. The maximum atomic E-state index is 12.4. The molecule has 0 saturated heterocycles. The molecule has 1 aromatic rings. The van der Waals surface area contributed by atoms with Gasteiger partial charge in [0, 0.05) is 6.54 Å². The molecule has 8 heteroatoms. The number of alkyl halides is 6. The molecule has 0 radical (unpaired) electrons. The first kappa shape index (κ1) is 17.3. The molecule has 1 aromatic carbocycles. The van der Waals surface area contributed by atoms with Gasteiger partial charge in [-0.1, -0.05) is 7.43 Å². The van der Waals surface area contributed by atoms with E-state index in [1.807, 2.05) is 5.32 Å². The van der Waals surface area contributed by atoms with E-state index in [-0.39, 0.29) is 25.5 Å². The number of nitrogens with one attached hydrogen (secondary N) is 1. The Bertz CT molecular complexity index is 406. The molecule has 0 heterocycles. The number of halogens is 6. The highest BCUT2D eigenvalue weighted by Gasteiger charge is 2.36. The van der Waals surface area contributed by atoms with E-state index in [0.29, 0.717) is 12.1 Å². The van der Waals surface area contributed by atoms with Crippen LogP contribution in [0.2, 0.25) is 0 Å². The summed E-state index contributed by atoms with van der Waals surface area (Å²) in [6.45, 7) is -0.406. The van der Waals surface area contributed by atoms with Crippen molar-refractivity contribution in [2.24, 2.45) is 0 Å². The highest BCUT2D eigenvalue weighted by molar-refractivity contribution is 5.46. The second-order valence-electron chi connectivity index (χ2n) is 3.41. The number of hydrogen-bond donors (Lipinski definition) is 1. The third-order valence-corrected chi connectivity index (χ3v) is 2.04. The molecule has 0 unspecified atom stereocenters. The van der Waals surface area contributed by atoms with Gasteiger partial charge in [0.15, 0.2) is 0 Å². The number of hydrogen-bond acceptors (Lipinski definition) is 1. The largest absolute Gasteiger partial charge is 0.416 e. The fourth-order valence-corrected chi connectivity index (χ4v) is 1.28. The predicted octanol–water partition coefficient (Wildman–Crippen LogP) is 3.61. The van der Waals surface area contributed by atoms with Crippen molar-refractivity contribution >= 4 is 6.41 Å². The van der Waals surface area contributed by atoms with E-state index < -0.39 is 30.0 Å². The highest BCUT2D eigenvalue weighted by atomic mass is 19.4. The van der Waals surface area contributed by atoms with Crippen molar-refractivity contribution in [1.82, 2.24) is 5.32 Å². The SMILES string of the molecule is C.O=CNCc1cc(C(F)(F)F)cc(C(F)(F)F)c1. The Morgan fingerprint density at radius 3 is 1.68 bits per heavy atom. The molecule has 0 spiro atoms. The molecule has 108 valence electrons. The van der Waals surface area contributed by atoms with Gasteiger partial charge in [-0.05, 0) is 23.8 Å². The van der Waals surface area contributed by atoms with Gasteiger partial charge < -0.3 is 5.32 Å². The van der Waals surface area contributed by atoms with Crippen LogP contribution < -0.4 is 5.32 Å². The van der Waals surface area contributed by atoms with E-state index in [9.17, 15) is 31.1 Å². The molecule has 0 saturated carbocycles. The fourth-order valence-electron chi connectivity index (χ4n) is 1.28. The quantitative estimate of drug-likeness (QED) is 0.668. The summed E-state index contributed by atoms with van der Waals surface area (Å²) in [5, 5.41) is 2.01. The predicted molar refractivity (Wildman–Crippen MR) is 56.1 cm³/mol. The molecule has 0 aromatic heterocycles. The topological polar surface area (TPSA) is 29.1 Å². The summed E-state index contributed by atoms with van der Waals surface area (Å²) >= 11 is 0. The minimum absolute atomic E-state index is 0. The average molecular weight is 287 g/mol. The van der Waals surface area contributed by atoms with Crippen LogP contribution >= 0.6 is 0 Å². The molecule has 0 atom stereocenters. The summed E-state index contributed by atoms with van der Waals surface area (Å²) in [6, 6.07) is 1.15. The van der Waals surface area contributed by atoms with Gasteiger partial charge in [0.05, 0.1) is 11.1 Å². The second kappa shape index (κ2) is 5.94. The molecule has 1 amide bonds. The average Bonchev–Trinajstić information content (AvgIpc) is 2.23. The van der Waals surface area contributed by atoms with Crippen LogP contribution in [0.1, 0.15) is 24.1 Å². The smallest absolute Gasteiger partial charge is 0.355 e. The number of benzene rings is 1. The molecule has 19 heavy (non-hydrogen) atoms. The zero-order valence-electron chi connectivity index (χ0n) is 8.69. The van der Waals surface area contributed by atoms with Gasteiger partial charge in [-0.2, -0.15) is 26.3 Å². The van der Waals surface area contributed by atoms with Gasteiger partial charge in [0.2, 0.25) is 6.41 Å². The molecule has 1 rings (SSSR count). The minimum Gasteiger partial charge on any atom is -0.355 e. The van der Waals surface area contributed by atoms with Crippen molar-refractivity contribution in [3.63, 3.8) is 0 Å². The maximum absolute atomic E-state index is 12.4. The molecular formula is C11H11F6NO. The van der Waals surface area contributed by atoms with Crippen LogP contribution in [0, 0.1) is 0 Å². The Labute approximate surface area is 105 Å². The summed E-state index contributed by atoms with van der Waals surface area (Å²) in [5.41, 5.74) is -3.08. The Hall–Kier alpha value is -1.73. The van der Waals surface area contributed by atoms with Crippen molar-refractivity contribution < 1.29 is 31.1 Å². The Kier molecular flexibility index (Phi) is 5.40. The zero-order chi connectivity index (χ0) is 14.0. The summed E-state index contributed by atoms with van der Waals surface area (Å²) in [6.07, 6.45) is -9.57. The number of amides is 1. The maximum Gasteiger partial charge on any atom is 0.416 e. The molecule has 2 nitrogen and oxygen atoms in total. The first-order valence-corrected chi connectivity index (χ1v) is 4.60. The molecule has 0 aliphatic heterocycles. The van der Waals surface area contributed by atoms with Crippen LogP contribution in [-0.2, 0) is 23.7 Å². The van der Waals surface area contributed by atoms with E-state index in [4.69, 9.17) is 0 Å². The highest BCUT2D eigenvalue weighted by Crippen LogP contribution is 2.36. The summed E-state index contributed by atoms with van der Waals surface area (Å²) in [5.74, 6) is 0. The number of carbonyl (C=O) groups excluding carboxylic acids is 1. The van der Waals surface area contributed by atoms with Crippen molar-refractivity contribution in [2.45, 2.75) is 26.3 Å².